The third-order valence-corrected chi connectivity index (χ3v) is 6.09. The Hall–Kier alpha value is -4.02. The number of carbonyl (C=O) groups is 1. The average Bonchev–Trinajstić information content (AvgIpc) is 3.47. The van der Waals surface area contributed by atoms with Crippen LogP contribution in [0.25, 0.3) is 16.9 Å². The van der Waals surface area contributed by atoms with Crippen molar-refractivity contribution >= 4 is 40.6 Å². The number of ether oxygens (including phenoxy) is 1. The zero-order valence-corrected chi connectivity index (χ0v) is 20.7. The number of hydrogen-bond donors (Lipinski definition) is 1. The molecule has 188 valence electrons. The summed E-state index contributed by atoms with van der Waals surface area (Å²) >= 11 is 12.2. The molecule has 0 radical (unpaired) electrons. The van der Waals surface area contributed by atoms with E-state index < -0.39 is 18.0 Å². The Kier molecular flexibility index (Phi) is 6.77. The minimum Gasteiger partial charge on any atom is -0.496 e. The first kappa shape index (κ1) is 24.7. The molecule has 2 aromatic carbocycles. The van der Waals surface area contributed by atoms with Gasteiger partial charge in [-0.15, -0.1) is 0 Å². The van der Waals surface area contributed by atoms with Crippen molar-refractivity contribution in [2.75, 3.05) is 12.4 Å². The van der Waals surface area contributed by atoms with Crippen molar-refractivity contribution in [3.8, 4) is 17.0 Å². The summed E-state index contributed by atoms with van der Waals surface area (Å²) < 4.78 is 35.7. The van der Waals surface area contributed by atoms with Gasteiger partial charge in [-0.05, 0) is 35.9 Å². The van der Waals surface area contributed by atoms with E-state index in [1.54, 1.807) is 47.3 Å². The van der Waals surface area contributed by atoms with Crippen LogP contribution < -0.4 is 10.1 Å². The molecule has 12 heteroatoms. The normalized spacial score (nSPS) is 11.3. The van der Waals surface area contributed by atoms with Gasteiger partial charge in [0.15, 0.2) is 11.5 Å². The first-order chi connectivity index (χ1) is 17.8. The fraction of sp³-hybridized carbons (Fsp3) is 0.120. The molecule has 0 aliphatic rings. The van der Waals surface area contributed by atoms with Gasteiger partial charge in [-0.1, -0.05) is 47.5 Å². The van der Waals surface area contributed by atoms with Crippen molar-refractivity contribution in [1.82, 2.24) is 24.4 Å². The van der Waals surface area contributed by atoms with Crippen LogP contribution in [0, 0.1) is 0 Å². The third kappa shape index (κ3) is 4.98. The van der Waals surface area contributed by atoms with Crippen LogP contribution in [-0.2, 0) is 6.54 Å². The van der Waals surface area contributed by atoms with Crippen LogP contribution in [0.15, 0.2) is 67.0 Å². The molecular formula is C25H18Cl2F2N6O2. The number of nitrogens with zero attached hydrogens (tertiary/aromatic N) is 5. The Bertz CT molecular complexity index is 1600. The van der Waals surface area contributed by atoms with E-state index in [2.05, 4.69) is 20.5 Å². The highest BCUT2D eigenvalue weighted by molar-refractivity contribution is 6.33. The number of nitrogens with one attached hydrogen (secondary N) is 1. The van der Waals surface area contributed by atoms with E-state index in [9.17, 15) is 13.6 Å². The molecule has 0 unspecified atom stereocenters. The summed E-state index contributed by atoms with van der Waals surface area (Å²) in [6.45, 7) is 0.394. The van der Waals surface area contributed by atoms with E-state index in [1.807, 2.05) is 12.1 Å². The summed E-state index contributed by atoms with van der Waals surface area (Å²) in [5.74, 6) is -0.100. The molecule has 8 nitrogen and oxygen atoms in total. The first-order valence-electron chi connectivity index (χ1n) is 10.9. The van der Waals surface area contributed by atoms with Gasteiger partial charge in [0.05, 0.1) is 25.5 Å². The zero-order valence-electron chi connectivity index (χ0n) is 19.2. The lowest BCUT2D eigenvalue weighted by atomic mass is 10.1. The molecule has 0 aliphatic heterocycles. The van der Waals surface area contributed by atoms with E-state index in [4.69, 9.17) is 27.9 Å². The van der Waals surface area contributed by atoms with Crippen molar-refractivity contribution < 1.29 is 18.3 Å². The van der Waals surface area contributed by atoms with Gasteiger partial charge in [0, 0.05) is 16.8 Å². The third-order valence-electron chi connectivity index (χ3n) is 5.56. The van der Waals surface area contributed by atoms with Crippen molar-refractivity contribution in [2.24, 2.45) is 0 Å². The van der Waals surface area contributed by atoms with Crippen LogP contribution >= 0.6 is 23.2 Å². The molecule has 0 spiro atoms. The molecule has 0 saturated heterocycles. The molecule has 0 bridgehead atoms. The average molecular weight is 543 g/mol. The topological polar surface area (TPSA) is 86.3 Å². The smallest absolute Gasteiger partial charge is 0.280 e. The number of aromatic nitrogens is 5. The Morgan fingerprint density at radius 2 is 1.89 bits per heavy atom. The standard InChI is InChI=1S/C25H18Cl2F2N6O2/c1-37-21-5-3-2-4-16(21)19-10-20(22(28)29)35-24(31-19)17(11-30-35)25(36)32-23-18(27)13-34(33-23)12-14-6-8-15(26)9-7-14/h2-11,13,22H,12H2,1H3,(H,32,33,36). The molecule has 3 aromatic heterocycles. The maximum Gasteiger partial charge on any atom is 0.280 e. The van der Waals surface area contributed by atoms with Crippen molar-refractivity contribution in [3.63, 3.8) is 0 Å². The second-order valence-electron chi connectivity index (χ2n) is 7.96. The van der Waals surface area contributed by atoms with Gasteiger partial charge in [0.2, 0.25) is 0 Å². The van der Waals surface area contributed by atoms with Gasteiger partial charge in [-0.3, -0.25) is 9.48 Å². The summed E-state index contributed by atoms with van der Waals surface area (Å²) in [4.78, 5) is 17.6. The van der Waals surface area contributed by atoms with Crippen LogP contribution in [0.1, 0.15) is 28.0 Å². The second kappa shape index (κ2) is 10.2. The molecule has 5 aromatic rings. The summed E-state index contributed by atoms with van der Waals surface area (Å²) in [6, 6.07) is 15.3. The number of anilines is 1. The minimum atomic E-state index is -2.87. The number of benzene rings is 2. The number of hydrogen-bond acceptors (Lipinski definition) is 5. The molecule has 0 aliphatic carbocycles. The van der Waals surface area contributed by atoms with Gasteiger partial charge in [-0.2, -0.15) is 10.2 Å². The molecule has 0 fully saturated rings. The number of rotatable bonds is 7. The number of amides is 1. The number of carbonyl (C=O) groups excluding carboxylic acids is 1. The SMILES string of the molecule is COc1ccccc1-c1cc(C(F)F)n2ncc(C(=O)Nc3nn(Cc4ccc(Cl)cc4)cc3Cl)c2n1. The van der Waals surface area contributed by atoms with Crippen LogP contribution in [0.2, 0.25) is 10.0 Å². The van der Waals surface area contributed by atoms with Crippen LogP contribution in [-0.4, -0.2) is 37.4 Å². The predicted octanol–water partition coefficient (Wildman–Crippen LogP) is 6.15. The zero-order chi connectivity index (χ0) is 26.1. The van der Waals surface area contributed by atoms with Crippen LogP contribution in [0.3, 0.4) is 0 Å². The maximum absolute atomic E-state index is 13.9. The quantitative estimate of drug-likeness (QED) is 0.266. The van der Waals surface area contributed by atoms with Gasteiger partial charge in [-0.25, -0.2) is 18.3 Å². The Morgan fingerprint density at radius 1 is 1.14 bits per heavy atom. The summed E-state index contributed by atoms with van der Waals surface area (Å²) in [5.41, 5.74) is 1.13. The van der Waals surface area contributed by atoms with Gasteiger partial charge >= 0.3 is 0 Å². The fourth-order valence-corrected chi connectivity index (χ4v) is 4.13. The minimum absolute atomic E-state index is 0.0260. The second-order valence-corrected chi connectivity index (χ2v) is 8.81. The van der Waals surface area contributed by atoms with Gasteiger partial charge < -0.3 is 10.1 Å². The van der Waals surface area contributed by atoms with Crippen molar-refractivity contribution in [2.45, 2.75) is 13.0 Å². The van der Waals surface area contributed by atoms with E-state index in [0.29, 0.717) is 22.9 Å². The van der Waals surface area contributed by atoms with Crippen molar-refractivity contribution in [1.29, 1.82) is 0 Å². The molecule has 1 N–H and O–H groups in total. The lowest BCUT2D eigenvalue weighted by Crippen LogP contribution is -2.14. The monoisotopic (exact) mass is 542 g/mol. The molecule has 0 saturated carbocycles. The van der Waals surface area contributed by atoms with Gasteiger partial charge in [0.1, 0.15) is 22.0 Å². The Morgan fingerprint density at radius 3 is 2.62 bits per heavy atom. The maximum atomic E-state index is 13.9. The Labute approximate surface area is 219 Å². The fourth-order valence-electron chi connectivity index (χ4n) is 3.81. The van der Waals surface area contributed by atoms with Crippen LogP contribution in [0.4, 0.5) is 14.6 Å². The molecule has 3 heterocycles. The number of halogens is 4. The lowest BCUT2D eigenvalue weighted by Gasteiger charge is -2.11. The number of fused-ring (bicyclic) bond motifs is 1. The van der Waals surface area contributed by atoms with E-state index in [0.717, 1.165) is 10.1 Å². The highest BCUT2D eigenvalue weighted by atomic mass is 35.5. The lowest BCUT2D eigenvalue weighted by molar-refractivity contribution is 0.102. The molecule has 37 heavy (non-hydrogen) atoms. The largest absolute Gasteiger partial charge is 0.496 e. The Balaban J connectivity index is 1.48. The summed E-state index contributed by atoms with van der Waals surface area (Å²) in [5, 5.41) is 11.7. The predicted molar refractivity (Wildman–Crippen MR) is 136 cm³/mol. The van der Waals surface area contributed by atoms with Crippen molar-refractivity contribution in [3.05, 3.63) is 93.9 Å². The summed E-state index contributed by atoms with van der Waals surface area (Å²) in [7, 11) is 1.47. The van der Waals surface area contributed by atoms with E-state index >= 15 is 0 Å². The van der Waals surface area contributed by atoms with E-state index in [1.165, 1.54) is 19.4 Å². The van der Waals surface area contributed by atoms with Crippen LogP contribution in [0.5, 0.6) is 5.75 Å². The van der Waals surface area contributed by atoms with E-state index in [-0.39, 0.29) is 27.7 Å². The highest BCUT2D eigenvalue weighted by Gasteiger charge is 2.23. The summed E-state index contributed by atoms with van der Waals surface area (Å²) in [6.07, 6.45) is -0.129. The first-order valence-corrected chi connectivity index (χ1v) is 11.7. The molecule has 0 atom stereocenters. The highest BCUT2D eigenvalue weighted by Crippen LogP contribution is 2.32. The number of alkyl halides is 2. The van der Waals surface area contributed by atoms with Gasteiger partial charge in [0.25, 0.3) is 12.3 Å². The molecular weight excluding hydrogens is 525 g/mol. The molecule has 5 rings (SSSR count). The molecule has 1 amide bonds. The number of para-hydroxylation sites is 1. The number of methoxy groups -OCH3 is 1.